The van der Waals surface area contributed by atoms with Crippen molar-refractivity contribution in [1.29, 1.82) is 0 Å². The Bertz CT molecular complexity index is 1330. The first kappa shape index (κ1) is 21.4. The molecule has 11 heteroatoms. The number of aryl methyl sites for hydroxylation is 1. The minimum Gasteiger partial charge on any atom is -0.493 e. The predicted octanol–water partition coefficient (Wildman–Crippen LogP) is 4.18. The van der Waals surface area contributed by atoms with Gasteiger partial charge in [0.15, 0.2) is 28.1 Å². The van der Waals surface area contributed by atoms with Gasteiger partial charge in [-0.2, -0.15) is 0 Å². The number of carbonyl (C=O) groups is 1. The number of methoxy groups -OCH3 is 1. The molecule has 0 bridgehead atoms. The van der Waals surface area contributed by atoms with Gasteiger partial charge in [-0.3, -0.25) is 14.9 Å². The normalized spacial score (nSPS) is 11.0. The Labute approximate surface area is 186 Å². The van der Waals surface area contributed by atoms with E-state index in [2.05, 4.69) is 15.5 Å². The van der Waals surface area contributed by atoms with Gasteiger partial charge in [0.1, 0.15) is 0 Å². The van der Waals surface area contributed by atoms with Crippen molar-refractivity contribution in [3.8, 4) is 17.3 Å². The zero-order valence-electron chi connectivity index (χ0n) is 17.5. The highest BCUT2D eigenvalue weighted by molar-refractivity contribution is 7.99. The number of hydrogen-bond acceptors (Lipinski definition) is 8. The van der Waals surface area contributed by atoms with Crippen molar-refractivity contribution in [3.05, 3.63) is 58.1 Å². The van der Waals surface area contributed by atoms with E-state index in [1.807, 2.05) is 24.3 Å². The van der Waals surface area contributed by atoms with Crippen LogP contribution in [-0.2, 0) is 11.8 Å². The number of nitro groups is 1. The van der Waals surface area contributed by atoms with Crippen molar-refractivity contribution < 1.29 is 18.9 Å². The van der Waals surface area contributed by atoms with Gasteiger partial charge in [0, 0.05) is 29.8 Å². The fraction of sp³-hybridized carbons (Fsp3) is 0.190. The summed E-state index contributed by atoms with van der Waals surface area (Å²) >= 11 is 1.20. The van der Waals surface area contributed by atoms with E-state index in [-0.39, 0.29) is 17.3 Å². The minimum absolute atomic E-state index is 0.0455. The van der Waals surface area contributed by atoms with E-state index in [9.17, 15) is 14.9 Å². The molecule has 2 aromatic heterocycles. The number of ether oxygens (including phenoxy) is 1. The van der Waals surface area contributed by atoms with Crippen LogP contribution in [0, 0.1) is 17.0 Å². The van der Waals surface area contributed by atoms with Crippen molar-refractivity contribution >= 4 is 40.0 Å². The summed E-state index contributed by atoms with van der Waals surface area (Å²) in [4.78, 5) is 22.9. The van der Waals surface area contributed by atoms with E-state index in [0.717, 1.165) is 5.39 Å². The molecule has 32 heavy (non-hydrogen) atoms. The number of anilines is 1. The third kappa shape index (κ3) is 4.14. The van der Waals surface area contributed by atoms with Gasteiger partial charge in [-0.15, -0.1) is 10.2 Å². The summed E-state index contributed by atoms with van der Waals surface area (Å²) in [6, 6.07) is 12.0. The number of rotatable bonds is 7. The third-order valence-electron chi connectivity index (χ3n) is 4.81. The zero-order chi connectivity index (χ0) is 22.8. The molecule has 2 heterocycles. The molecule has 1 amide bonds. The zero-order valence-corrected chi connectivity index (χ0v) is 18.3. The molecule has 0 spiro atoms. The van der Waals surface area contributed by atoms with Crippen LogP contribution in [0.5, 0.6) is 5.75 Å². The Kier molecular flexibility index (Phi) is 5.82. The number of para-hydroxylation sites is 1. The maximum absolute atomic E-state index is 12.3. The molecular formula is C21H19N5O5S. The average Bonchev–Trinajstić information content (AvgIpc) is 3.36. The Morgan fingerprint density at radius 3 is 2.84 bits per heavy atom. The summed E-state index contributed by atoms with van der Waals surface area (Å²) in [5, 5.41) is 23.5. The van der Waals surface area contributed by atoms with Gasteiger partial charge < -0.3 is 19.0 Å². The number of nitrogens with one attached hydrogen (secondary N) is 1. The summed E-state index contributed by atoms with van der Waals surface area (Å²) in [6.45, 7) is 1.64. The number of aromatic nitrogens is 3. The van der Waals surface area contributed by atoms with Gasteiger partial charge in [0.2, 0.25) is 5.91 Å². The van der Waals surface area contributed by atoms with E-state index >= 15 is 0 Å². The molecule has 0 saturated carbocycles. The third-order valence-corrected chi connectivity index (χ3v) is 5.83. The molecule has 10 nitrogen and oxygen atoms in total. The topological polar surface area (TPSA) is 125 Å². The summed E-state index contributed by atoms with van der Waals surface area (Å²) in [6.07, 6.45) is 0. The summed E-state index contributed by atoms with van der Waals surface area (Å²) in [5.41, 5.74) is 1.46. The monoisotopic (exact) mass is 453 g/mol. The van der Waals surface area contributed by atoms with Crippen LogP contribution in [0.25, 0.3) is 22.6 Å². The molecule has 0 aliphatic carbocycles. The van der Waals surface area contributed by atoms with E-state index in [0.29, 0.717) is 39.3 Å². The molecule has 1 N–H and O–H groups in total. The highest BCUT2D eigenvalue weighted by Crippen LogP contribution is 2.33. The van der Waals surface area contributed by atoms with E-state index < -0.39 is 4.92 Å². The largest absolute Gasteiger partial charge is 0.493 e. The SMILES string of the molecule is COc1cccc2cc(-c3nnc(SCC(=O)Nc4ccc(C)c([N+](=O)[O-])c4)n3C)oc12. The standard InChI is InChI=1S/C21H19N5O5S/c1-12-7-8-14(10-15(12)26(28)29)22-18(27)11-32-21-24-23-20(25(21)2)17-9-13-5-4-6-16(30-3)19(13)31-17/h4-10H,11H2,1-3H3,(H,22,27). The lowest BCUT2D eigenvalue weighted by Crippen LogP contribution is -2.14. The van der Waals surface area contributed by atoms with Crippen molar-refractivity contribution in [2.45, 2.75) is 12.1 Å². The van der Waals surface area contributed by atoms with Crippen LogP contribution >= 0.6 is 11.8 Å². The highest BCUT2D eigenvalue weighted by atomic mass is 32.2. The summed E-state index contributed by atoms with van der Waals surface area (Å²) < 4.78 is 13.0. The minimum atomic E-state index is -0.478. The average molecular weight is 453 g/mol. The second-order valence-corrected chi connectivity index (χ2v) is 7.89. The molecule has 0 unspecified atom stereocenters. The van der Waals surface area contributed by atoms with Crippen LogP contribution < -0.4 is 10.1 Å². The Hall–Kier alpha value is -3.86. The lowest BCUT2D eigenvalue weighted by molar-refractivity contribution is -0.385. The van der Waals surface area contributed by atoms with Crippen molar-refractivity contribution in [1.82, 2.24) is 14.8 Å². The number of nitrogens with zero attached hydrogens (tertiary/aromatic N) is 4. The fourth-order valence-electron chi connectivity index (χ4n) is 3.17. The van der Waals surface area contributed by atoms with Crippen LogP contribution in [0.3, 0.4) is 0 Å². The van der Waals surface area contributed by atoms with Crippen LogP contribution in [0.4, 0.5) is 11.4 Å². The number of hydrogen-bond donors (Lipinski definition) is 1. The molecular weight excluding hydrogens is 434 g/mol. The maximum atomic E-state index is 12.3. The first-order chi connectivity index (χ1) is 15.4. The van der Waals surface area contributed by atoms with Crippen LogP contribution in [0.2, 0.25) is 0 Å². The van der Waals surface area contributed by atoms with Crippen LogP contribution in [-0.4, -0.2) is 38.5 Å². The highest BCUT2D eigenvalue weighted by Gasteiger charge is 2.18. The molecule has 0 aliphatic rings. The van der Waals surface area contributed by atoms with Crippen molar-refractivity contribution in [3.63, 3.8) is 0 Å². The van der Waals surface area contributed by atoms with Gasteiger partial charge in [-0.25, -0.2) is 0 Å². The fourth-order valence-corrected chi connectivity index (χ4v) is 3.88. The van der Waals surface area contributed by atoms with Gasteiger partial charge in [0.25, 0.3) is 5.69 Å². The molecule has 0 aliphatic heterocycles. The lowest BCUT2D eigenvalue weighted by atomic mass is 10.2. The molecule has 2 aromatic carbocycles. The molecule has 0 saturated heterocycles. The van der Waals surface area contributed by atoms with Gasteiger partial charge >= 0.3 is 0 Å². The molecule has 4 rings (SSSR count). The maximum Gasteiger partial charge on any atom is 0.274 e. The molecule has 0 fully saturated rings. The first-order valence-corrected chi connectivity index (χ1v) is 10.5. The second-order valence-electron chi connectivity index (χ2n) is 6.95. The number of nitro benzene ring substituents is 1. The van der Waals surface area contributed by atoms with E-state index in [1.54, 1.807) is 37.8 Å². The summed E-state index contributed by atoms with van der Waals surface area (Å²) in [7, 11) is 3.36. The lowest BCUT2D eigenvalue weighted by Gasteiger charge is -2.06. The summed E-state index contributed by atoms with van der Waals surface area (Å²) in [5.74, 6) is 1.41. The van der Waals surface area contributed by atoms with E-state index in [1.165, 1.54) is 17.8 Å². The Morgan fingerprint density at radius 1 is 1.28 bits per heavy atom. The molecule has 0 atom stereocenters. The molecule has 0 radical (unpaired) electrons. The first-order valence-electron chi connectivity index (χ1n) is 9.51. The van der Waals surface area contributed by atoms with Crippen LogP contribution in [0.15, 0.2) is 52.0 Å². The van der Waals surface area contributed by atoms with Crippen LogP contribution in [0.1, 0.15) is 5.56 Å². The second kappa shape index (κ2) is 8.71. The predicted molar refractivity (Wildman–Crippen MR) is 120 cm³/mol. The smallest absolute Gasteiger partial charge is 0.274 e. The molecule has 4 aromatic rings. The number of fused-ring (bicyclic) bond motifs is 1. The number of thioether (sulfide) groups is 1. The Balaban J connectivity index is 1.46. The number of benzene rings is 2. The molecule has 164 valence electrons. The van der Waals surface area contributed by atoms with Gasteiger partial charge in [-0.1, -0.05) is 30.0 Å². The number of furan rings is 1. The van der Waals surface area contributed by atoms with Crippen molar-refractivity contribution in [2.75, 3.05) is 18.2 Å². The van der Waals surface area contributed by atoms with E-state index in [4.69, 9.17) is 9.15 Å². The van der Waals surface area contributed by atoms with Crippen molar-refractivity contribution in [2.24, 2.45) is 7.05 Å². The quantitative estimate of drug-likeness (QED) is 0.251. The van der Waals surface area contributed by atoms with Gasteiger partial charge in [0.05, 0.1) is 17.8 Å². The Morgan fingerprint density at radius 2 is 2.09 bits per heavy atom. The number of carbonyl (C=O) groups excluding carboxylic acids is 1. The van der Waals surface area contributed by atoms with Gasteiger partial charge in [-0.05, 0) is 25.1 Å². The number of amides is 1.